The summed E-state index contributed by atoms with van der Waals surface area (Å²) in [6.07, 6.45) is 24.2. The minimum Gasteiger partial charge on any atom is -0.460 e. The van der Waals surface area contributed by atoms with Gasteiger partial charge in [0.1, 0.15) is 22.0 Å². The quantitative estimate of drug-likeness (QED) is 0.0668. The van der Waals surface area contributed by atoms with Gasteiger partial charge in [-0.15, -0.1) is 13.2 Å². The van der Waals surface area contributed by atoms with Crippen LogP contribution in [0.15, 0.2) is 0 Å². The Balaban J connectivity index is 0.000000471. The summed E-state index contributed by atoms with van der Waals surface area (Å²) in [4.78, 5) is 34.7. The van der Waals surface area contributed by atoms with Gasteiger partial charge in [0.05, 0.1) is 36.7 Å². The molecular weight excluding hydrogens is 1610 g/mol. The molecule has 4 N–H and O–H groups in total. The fourth-order valence-corrected chi connectivity index (χ4v) is 21.5. The maximum atomic E-state index is 12.1. The van der Waals surface area contributed by atoms with Crippen molar-refractivity contribution in [3.63, 3.8) is 0 Å². The first kappa shape index (κ1) is 116. The third-order valence-corrected chi connectivity index (χ3v) is 30.0. The molecule has 12 atom stereocenters. The van der Waals surface area contributed by atoms with Crippen LogP contribution in [0.3, 0.4) is 0 Å². The van der Waals surface area contributed by atoms with Gasteiger partial charge in [0.15, 0.2) is 0 Å². The number of nitrogens with zero attached hydrogens (tertiary/aromatic N) is 1. The van der Waals surface area contributed by atoms with Gasteiger partial charge >= 0.3 is 36.7 Å². The summed E-state index contributed by atoms with van der Waals surface area (Å²) in [5.41, 5.74) is -0.192. The number of hydrogen-bond acceptors (Lipinski definition) is 12. The van der Waals surface area contributed by atoms with Crippen LogP contribution in [-0.4, -0.2) is 148 Å². The van der Waals surface area contributed by atoms with E-state index in [-0.39, 0.29) is 35.4 Å². The van der Waals surface area contributed by atoms with Gasteiger partial charge in [0.25, 0.3) is 0 Å². The predicted octanol–water partition coefficient (Wildman–Crippen LogP) is 26.6. The topological polar surface area (TPSA) is 190 Å². The van der Waals surface area contributed by atoms with Crippen LogP contribution >= 0.6 is 0 Å². The molecular formula is C99H184F9N3O11S. The van der Waals surface area contributed by atoms with Crippen LogP contribution in [0.5, 0.6) is 0 Å². The number of urea groups is 1. The zero-order chi connectivity index (χ0) is 94.0. The van der Waals surface area contributed by atoms with E-state index in [0.29, 0.717) is 113 Å². The first-order chi connectivity index (χ1) is 56.4. The summed E-state index contributed by atoms with van der Waals surface area (Å²) in [6.45, 7) is 51.0. The Labute approximate surface area is 744 Å². The van der Waals surface area contributed by atoms with E-state index in [1.165, 1.54) is 128 Å². The number of nitrogens with one attached hydrogen (secondary N) is 2. The number of carbonyl (C=O) groups excluding carboxylic acids is 3. The van der Waals surface area contributed by atoms with Gasteiger partial charge in [-0.05, 0) is 350 Å². The number of carbonyl (C=O) groups is 3. The highest BCUT2D eigenvalue weighted by molar-refractivity contribution is 7.90. The van der Waals surface area contributed by atoms with Crippen LogP contribution in [0, 0.1) is 129 Å². The average molecular weight is 1800 g/mol. The van der Waals surface area contributed by atoms with Crippen LogP contribution in [0.25, 0.3) is 0 Å². The molecule has 9 aliphatic carbocycles. The monoisotopic (exact) mass is 1790 g/mol. The second kappa shape index (κ2) is 55.0. The summed E-state index contributed by atoms with van der Waals surface area (Å²) in [5.74, 6) is 12.2. The number of alkyl halides is 9. The standard InChI is InChI=1S/C12H21F3N2O.C12H21F3.C12H22O2.C12H24O.C11H17F3O2.C11H22O2S.2C10H20O.C9H17NO/c1-8(2)9-4-5-10(6-9)16-11(18)17(3)7-12(13,14)15;1-11(2,3)10-5-4-9(8-10)6-7-12(13,14)15;1-9-5-6-10(7-9)8-11(13)14-12(2,3)4;1-9(2)10-5-7-11(8-6-10)12(3,4)13;1-7(2)9-4-3-8(5-9)6-10(15)16-11(12,13)14;1-11(2,3)10-6-5-9(7-10)8-14(4,12)13;1-8(2)9-4-6-10(11-3)7-5-9;1-8(2)10-5-3-9(7-11)4-6-10;1-7-2-3-8(4-7)10-9-5-11-6-9/h8-10H,4-7H2,1-3H3,(H,16,18);9-10H,4-8H2,1-3H3;9-10H,5-8H2,1-4H3;9-11,13H,5-8H2,1-4H3;7-9H,3-6H2,1-2H3;9-10H,5-8H2,1-4H3;8-10H,4-7H2,1-3H3;8-11H,3-7H2,1-2H3;7-10H,2-6H2,1H3/t;;9-,10-;;8-,9-;;;;7-,8-/m..1.1...1/s1. The third-order valence-electron chi connectivity index (χ3n) is 28.9. The van der Waals surface area contributed by atoms with Crippen molar-refractivity contribution in [1.29, 1.82) is 0 Å². The molecule has 10 fully saturated rings. The first-order valence-electron chi connectivity index (χ1n) is 48.5. The minimum atomic E-state index is -4.84. The molecule has 14 nitrogen and oxygen atoms in total. The summed E-state index contributed by atoms with van der Waals surface area (Å²) >= 11 is 0. The van der Waals surface area contributed by atoms with Crippen molar-refractivity contribution < 1.29 is 91.5 Å². The summed E-state index contributed by atoms with van der Waals surface area (Å²) in [6, 6.07) is 0.839. The molecule has 0 bridgehead atoms. The van der Waals surface area contributed by atoms with Gasteiger partial charge in [-0.2, -0.15) is 26.3 Å². The van der Waals surface area contributed by atoms with Crippen LogP contribution in [0.4, 0.5) is 44.3 Å². The van der Waals surface area contributed by atoms with Crippen molar-refractivity contribution >= 4 is 27.8 Å². The number of esters is 2. The Morgan fingerprint density at radius 3 is 1.21 bits per heavy atom. The number of aliphatic hydroxyl groups is 2. The average Bonchev–Trinajstić information content (AvgIpc) is 1.82. The highest BCUT2D eigenvalue weighted by Crippen LogP contribution is 2.47. The maximum Gasteiger partial charge on any atom is 0.575 e. The molecule has 0 aromatic carbocycles. The highest BCUT2D eigenvalue weighted by atomic mass is 32.2. The lowest BCUT2D eigenvalue weighted by molar-refractivity contribution is -0.306. The Kier molecular flexibility index (Phi) is 52.0. The van der Waals surface area contributed by atoms with Crippen LogP contribution in [0.1, 0.15) is 378 Å². The van der Waals surface area contributed by atoms with Crippen molar-refractivity contribution in [1.82, 2.24) is 15.5 Å². The molecule has 1 saturated heterocycles. The molecule has 0 spiro atoms. The lowest BCUT2D eigenvalue weighted by atomic mass is 9.72. The van der Waals surface area contributed by atoms with E-state index in [9.17, 15) is 67.4 Å². The number of halogens is 9. The molecule has 1 aliphatic heterocycles. The number of rotatable bonds is 20. The minimum absolute atomic E-state index is 0.0144. The number of methoxy groups -OCH3 is 1. The summed E-state index contributed by atoms with van der Waals surface area (Å²) < 4.78 is 149. The lowest BCUT2D eigenvalue weighted by Crippen LogP contribution is -2.49. The molecule has 1 heterocycles. The van der Waals surface area contributed by atoms with Gasteiger partial charge in [-0.25, -0.2) is 13.2 Å². The van der Waals surface area contributed by atoms with E-state index in [1.807, 2.05) is 41.7 Å². The van der Waals surface area contributed by atoms with E-state index < -0.39 is 59.1 Å². The second-order valence-corrected chi connectivity index (χ2v) is 47.5. The zero-order valence-electron chi connectivity index (χ0n) is 82.3. The van der Waals surface area contributed by atoms with E-state index in [2.05, 4.69) is 140 Å². The molecule has 24 heteroatoms. The largest absolute Gasteiger partial charge is 0.575 e. The molecule has 9 saturated carbocycles. The number of amides is 2. The van der Waals surface area contributed by atoms with E-state index >= 15 is 0 Å². The molecule has 10 aliphatic rings. The zero-order valence-corrected chi connectivity index (χ0v) is 83.1. The van der Waals surface area contributed by atoms with Crippen LogP contribution in [0.2, 0.25) is 0 Å². The van der Waals surface area contributed by atoms with E-state index in [0.717, 1.165) is 144 Å². The van der Waals surface area contributed by atoms with Crippen molar-refractivity contribution in [2.75, 3.05) is 52.5 Å². The molecule has 2 amide bonds. The highest BCUT2D eigenvalue weighted by Gasteiger charge is 2.41. The molecule has 6 unspecified atom stereocenters. The number of sulfone groups is 1. The molecule has 0 aromatic rings. The Bertz CT molecular complexity index is 2920. The van der Waals surface area contributed by atoms with E-state index in [1.54, 1.807) is 0 Å². The fourth-order valence-electron chi connectivity index (χ4n) is 20.3. The van der Waals surface area contributed by atoms with Gasteiger partial charge in [-0.3, -0.25) is 9.59 Å². The van der Waals surface area contributed by atoms with Crippen molar-refractivity contribution in [2.24, 2.45) is 129 Å². The van der Waals surface area contributed by atoms with Crippen molar-refractivity contribution in [3.05, 3.63) is 0 Å². The Hall–Kier alpha value is -2.67. The van der Waals surface area contributed by atoms with E-state index in [4.69, 9.17) is 19.3 Å². The maximum absolute atomic E-state index is 12.1. The molecule has 10 rings (SSSR count). The van der Waals surface area contributed by atoms with Gasteiger partial charge in [0.2, 0.25) is 0 Å². The van der Waals surface area contributed by atoms with Crippen LogP contribution < -0.4 is 10.6 Å². The number of hydrogen-bond donors (Lipinski definition) is 4. The molecule has 730 valence electrons. The molecule has 0 radical (unpaired) electrons. The Morgan fingerprint density at radius 1 is 0.455 bits per heavy atom. The molecule has 0 aromatic heterocycles. The van der Waals surface area contributed by atoms with Crippen molar-refractivity contribution in [2.45, 2.75) is 432 Å². The number of aliphatic hydroxyl groups excluding tert-OH is 1. The molecule has 123 heavy (non-hydrogen) atoms. The smallest absolute Gasteiger partial charge is 0.460 e. The first-order valence-corrected chi connectivity index (χ1v) is 50.5. The van der Waals surface area contributed by atoms with Gasteiger partial charge in [0, 0.05) is 58.4 Å². The Morgan fingerprint density at radius 2 is 0.846 bits per heavy atom. The van der Waals surface area contributed by atoms with Gasteiger partial charge < -0.3 is 44.7 Å². The lowest BCUT2D eigenvalue weighted by Gasteiger charge is -2.37. The summed E-state index contributed by atoms with van der Waals surface area (Å²) in [5, 5.41) is 25.1. The van der Waals surface area contributed by atoms with Crippen LogP contribution in [-0.2, 0) is 38.4 Å². The predicted molar refractivity (Wildman–Crippen MR) is 484 cm³/mol. The van der Waals surface area contributed by atoms with Gasteiger partial charge in [-0.1, -0.05) is 137 Å². The van der Waals surface area contributed by atoms with Crippen molar-refractivity contribution in [3.8, 4) is 0 Å². The third kappa shape index (κ3) is 53.4. The fraction of sp³-hybridized carbons (Fsp3) is 0.970. The normalized spacial score (nSPS) is 29.5. The number of ether oxygens (including phenoxy) is 4. The second-order valence-electron chi connectivity index (χ2n) is 45.3. The SMILES string of the molecule is CC(C)(C)C1CCC(CCC(F)(F)F)C1.CC(C)(C)C1CCC(CS(C)(=O)=O)C1.CC(C)C1CCC(C(C)(C)O)CC1.CC(C)C1CCC(CO)CC1.CC(C)C1CCC(NC(=O)N(C)CC(F)(F)F)C1.CC(C)[C@@H]1CC[C@@H](CC(=O)OC(F)(F)F)C1.COC1CCC(C(C)C)CC1.C[C@@H]1CC[C@@H](CC(=O)OC(C)(C)C)C1.C[C@@H]1CC[C@@H](NC2COC2)C1. The summed E-state index contributed by atoms with van der Waals surface area (Å²) in [7, 11) is 0.222.